The molecule has 1 heterocycles. The highest BCUT2D eigenvalue weighted by Crippen LogP contribution is 2.27. The molecule has 0 bridgehead atoms. The van der Waals surface area contributed by atoms with Crippen molar-refractivity contribution in [2.75, 3.05) is 5.73 Å². The molecule has 0 fully saturated rings. The first-order valence-corrected chi connectivity index (χ1v) is 6.00. The fourth-order valence-electron chi connectivity index (χ4n) is 1.46. The number of nitrogens with two attached hydrogens (primary N) is 1. The van der Waals surface area contributed by atoms with E-state index in [9.17, 15) is 9.59 Å². The van der Waals surface area contributed by atoms with Crippen molar-refractivity contribution in [1.29, 1.82) is 0 Å². The Morgan fingerprint density at radius 3 is 2.83 bits per heavy atom. The molecule has 0 aliphatic rings. The molecule has 2 aromatic rings. The number of nitrogen functional groups attached to an aromatic ring is 1. The summed E-state index contributed by atoms with van der Waals surface area (Å²) in [5, 5.41) is 0.368. The van der Waals surface area contributed by atoms with Gasteiger partial charge in [-0.15, -0.1) is 0 Å². The van der Waals surface area contributed by atoms with E-state index >= 15 is 0 Å². The Labute approximate surface area is 107 Å². The largest absolute Gasteiger partial charge is 0.383 e. The number of rotatable bonds is 3. The molecule has 0 amide bonds. The fraction of sp³-hybridized carbons (Fsp3) is 0.0833. The molecule has 0 saturated carbocycles. The van der Waals surface area contributed by atoms with E-state index < -0.39 is 0 Å². The topological polar surface area (TPSA) is 88.8 Å². The van der Waals surface area contributed by atoms with Crippen LogP contribution >= 0.6 is 11.8 Å². The number of carbonyl (C=O) groups is 1. The Balaban J connectivity index is 2.39. The number of hydrogen-bond donors (Lipinski definition) is 2. The van der Waals surface area contributed by atoms with Gasteiger partial charge in [-0.2, -0.15) is 0 Å². The number of anilines is 1. The Bertz CT molecular complexity index is 652. The second-order valence-corrected chi connectivity index (χ2v) is 4.77. The van der Waals surface area contributed by atoms with Crippen LogP contribution in [0.3, 0.4) is 0 Å². The molecule has 3 N–H and O–H groups in total. The van der Waals surface area contributed by atoms with Crippen molar-refractivity contribution in [1.82, 2.24) is 9.97 Å². The Morgan fingerprint density at radius 2 is 2.17 bits per heavy atom. The molecular formula is C12H11N3O2S. The molecule has 2 rings (SSSR count). The average molecular weight is 261 g/mol. The Kier molecular flexibility index (Phi) is 3.47. The van der Waals surface area contributed by atoms with Gasteiger partial charge in [0, 0.05) is 16.5 Å². The van der Waals surface area contributed by atoms with Gasteiger partial charge in [-0.3, -0.25) is 9.59 Å². The molecule has 5 nitrogen and oxygen atoms in total. The lowest BCUT2D eigenvalue weighted by Crippen LogP contribution is -2.09. The molecule has 0 unspecified atom stereocenters. The van der Waals surface area contributed by atoms with Crippen molar-refractivity contribution in [3.8, 4) is 0 Å². The highest BCUT2D eigenvalue weighted by molar-refractivity contribution is 7.99. The van der Waals surface area contributed by atoms with Gasteiger partial charge in [0.05, 0.1) is 0 Å². The van der Waals surface area contributed by atoms with Crippen molar-refractivity contribution in [2.45, 2.75) is 17.0 Å². The number of carbonyl (C=O) groups excluding carboxylic acids is 1. The molecule has 0 aliphatic carbocycles. The summed E-state index contributed by atoms with van der Waals surface area (Å²) in [7, 11) is 0. The van der Waals surface area contributed by atoms with Crippen molar-refractivity contribution in [3.05, 3.63) is 45.7 Å². The number of nitrogens with one attached hydrogen (secondary N) is 1. The van der Waals surface area contributed by atoms with Crippen LogP contribution < -0.4 is 11.3 Å². The van der Waals surface area contributed by atoms with Gasteiger partial charge < -0.3 is 10.7 Å². The van der Waals surface area contributed by atoms with Crippen LogP contribution in [0.15, 0.2) is 39.1 Å². The van der Waals surface area contributed by atoms with Crippen LogP contribution in [-0.2, 0) is 0 Å². The number of nitrogens with zero attached hydrogens (tertiary/aromatic N) is 1. The van der Waals surface area contributed by atoms with Gasteiger partial charge in [-0.1, -0.05) is 23.4 Å². The first-order valence-electron chi connectivity index (χ1n) is 5.19. The summed E-state index contributed by atoms with van der Waals surface area (Å²) in [6, 6.07) is 6.69. The molecule has 18 heavy (non-hydrogen) atoms. The zero-order valence-electron chi connectivity index (χ0n) is 9.64. The standard InChI is InChI=1S/C12H11N3O2S/c1-7-2-3-9(8(4-7)6-16)18-12-14-10(13)5-11(17)15-12/h2-6H,1H3,(H3,13,14,15,17). The summed E-state index contributed by atoms with van der Waals surface area (Å²) in [6.45, 7) is 1.90. The SMILES string of the molecule is Cc1ccc(Sc2nc(N)cc(=O)[nH]2)c(C=O)c1. The number of aryl methyl sites for hydroxylation is 1. The minimum Gasteiger partial charge on any atom is -0.383 e. The maximum absolute atomic E-state index is 11.3. The van der Waals surface area contributed by atoms with Gasteiger partial charge in [0.25, 0.3) is 5.56 Å². The monoisotopic (exact) mass is 261 g/mol. The van der Waals surface area contributed by atoms with E-state index in [1.165, 1.54) is 17.8 Å². The van der Waals surface area contributed by atoms with E-state index in [2.05, 4.69) is 9.97 Å². The molecular weight excluding hydrogens is 250 g/mol. The lowest BCUT2D eigenvalue weighted by atomic mass is 10.2. The molecule has 0 saturated heterocycles. The summed E-state index contributed by atoms with van der Waals surface area (Å²) in [5.74, 6) is 0.154. The summed E-state index contributed by atoms with van der Waals surface area (Å²) in [4.78, 5) is 29.5. The van der Waals surface area contributed by atoms with Crippen LogP contribution in [0.4, 0.5) is 5.82 Å². The maximum Gasteiger partial charge on any atom is 0.253 e. The van der Waals surface area contributed by atoms with Crippen LogP contribution in [0.25, 0.3) is 0 Å². The molecule has 0 aliphatic heterocycles. The predicted molar refractivity (Wildman–Crippen MR) is 70.0 cm³/mol. The number of aldehydes is 1. The maximum atomic E-state index is 11.3. The van der Waals surface area contributed by atoms with E-state index in [4.69, 9.17) is 5.73 Å². The quantitative estimate of drug-likeness (QED) is 0.647. The average Bonchev–Trinajstić information content (AvgIpc) is 2.30. The molecule has 6 heteroatoms. The van der Waals surface area contributed by atoms with Crippen molar-refractivity contribution in [2.24, 2.45) is 0 Å². The van der Waals surface area contributed by atoms with Gasteiger partial charge in [0.15, 0.2) is 11.4 Å². The first-order chi connectivity index (χ1) is 8.58. The van der Waals surface area contributed by atoms with E-state index in [1.807, 2.05) is 19.1 Å². The molecule has 0 atom stereocenters. The summed E-state index contributed by atoms with van der Waals surface area (Å²) in [6.07, 6.45) is 0.778. The normalized spacial score (nSPS) is 10.3. The molecule has 0 spiro atoms. The predicted octanol–water partition coefficient (Wildman–Crippen LogP) is 1.62. The lowest BCUT2D eigenvalue weighted by Gasteiger charge is -2.05. The van der Waals surface area contributed by atoms with E-state index in [-0.39, 0.29) is 11.4 Å². The minimum absolute atomic E-state index is 0.154. The van der Waals surface area contributed by atoms with Gasteiger partial charge in [-0.25, -0.2) is 4.98 Å². The zero-order valence-corrected chi connectivity index (χ0v) is 10.5. The Morgan fingerprint density at radius 1 is 1.39 bits per heavy atom. The van der Waals surface area contributed by atoms with Crippen molar-refractivity contribution in [3.63, 3.8) is 0 Å². The second kappa shape index (κ2) is 5.05. The van der Waals surface area contributed by atoms with Gasteiger partial charge in [0.1, 0.15) is 5.82 Å². The number of hydrogen-bond acceptors (Lipinski definition) is 5. The minimum atomic E-state index is -0.315. The van der Waals surface area contributed by atoms with E-state index in [0.29, 0.717) is 10.7 Å². The third kappa shape index (κ3) is 2.78. The van der Waals surface area contributed by atoms with Crippen LogP contribution in [-0.4, -0.2) is 16.3 Å². The highest BCUT2D eigenvalue weighted by atomic mass is 32.2. The zero-order chi connectivity index (χ0) is 13.1. The van der Waals surface area contributed by atoms with E-state index in [0.717, 1.165) is 16.7 Å². The van der Waals surface area contributed by atoms with Crippen LogP contribution in [0.1, 0.15) is 15.9 Å². The molecule has 1 aromatic carbocycles. The fourth-order valence-corrected chi connectivity index (χ4v) is 2.33. The van der Waals surface area contributed by atoms with Gasteiger partial charge in [0.2, 0.25) is 0 Å². The summed E-state index contributed by atoms with van der Waals surface area (Å²) >= 11 is 1.20. The van der Waals surface area contributed by atoms with Gasteiger partial charge in [-0.05, 0) is 19.1 Å². The molecule has 92 valence electrons. The van der Waals surface area contributed by atoms with Gasteiger partial charge >= 0.3 is 0 Å². The van der Waals surface area contributed by atoms with Crippen molar-refractivity contribution < 1.29 is 4.79 Å². The first kappa shape index (κ1) is 12.4. The third-order valence-corrected chi connectivity index (χ3v) is 3.22. The lowest BCUT2D eigenvalue weighted by molar-refractivity contribution is 0.112. The van der Waals surface area contributed by atoms with Crippen LogP contribution in [0.2, 0.25) is 0 Å². The Hall–Kier alpha value is -2.08. The molecule has 0 radical (unpaired) electrons. The number of aromatic amines is 1. The summed E-state index contributed by atoms with van der Waals surface area (Å²) < 4.78 is 0. The van der Waals surface area contributed by atoms with E-state index in [1.54, 1.807) is 6.07 Å². The number of benzene rings is 1. The molecule has 1 aromatic heterocycles. The smallest absolute Gasteiger partial charge is 0.253 e. The van der Waals surface area contributed by atoms with Crippen LogP contribution in [0, 0.1) is 6.92 Å². The summed E-state index contributed by atoms with van der Waals surface area (Å²) in [5.41, 5.74) is 6.73. The van der Waals surface area contributed by atoms with Crippen molar-refractivity contribution >= 4 is 23.9 Å². The third-order valence-electron chi connectivity index (χ3n) is 2.24. The second-order valence-electron chi connectivity index (χ2n) is 3.74. The number of H-pyrrole nitrogens is 1. The highest BCUT2D eigenvalue weighted by Gasteiger charge is 2.06. The van der Waals surface area contributed by atoms with Crippen LogP contribution in [0.5, 0.6) is 0 Å². The number of aromatic nitrogens is 2.